The van der Waals surface area contributed by atoms with E-state index in [0.29, 0.717) is 11.8 Å². The summed E-state index contributed by atoms with van der Waals surface area (Å²) in [5.41, 5.74) is 5.54. The van der Waals surface area contributed by atoms with E-state index in [1.165, 1.54) is 12.3 Å². The number of nitrogens with two attached hydrogens (primary N) is 1. The van der Waals surface area contributed by atoms with E-state index in [1.807, 2.05) is 0 Å². The molecule has 2 aromatic rings. The molecule has 3 nitrogen and oxygen atoms in total. The summed E-state index contributed by atoms with van der Waals surface area (Å²) >= 11 is 0. The molecule has 1 aromatic heterocycles. The third-order valence-electron chi connectivity index (χ3n) is 2.74. The number of nitrogen functional groups attached to an aromatic ring is 1. The van der Waals surface area contributed by atoms with Crippen molar-refractivity contribution < 1.29 is 17.6 Å². The zero-order valence-corrected chi connectivity index (χ0v) is 10.4. The lowest BCUT2D eigenvalue weighted by Crippen LogP contribution is -2.09. The summed E-state index contributed by atoms with van der Waals surface area (Å²) in [6, 6.07) is 4.29. The molecule has 0 bridgehead atoms. The maximum Gasteiger partial charge on any atom is 0.419 e. The number of nitrogens with zero attached hydrogens (tertiary/aromatic N) is 1. The van der Waals surface area contributed by atoms with Crippen LogP contribution in [-0.4, -0.2) is 4.98 Å². The van der Waals surface area contributed by atoms with Crippen LogP contribution in [0, 0.1) is 12.7 Å². The van der Waals surface area contributed by atoms with Crippen LogP contribution < -0.4 is 11.1 Å². The minimum atomic E-state index is -4.76. The standard InChI is InChI=1S/C13H11F4N3/c1-7-4-5-19-12(11(7)18)20-8-2-3-10(14)9(6-8)13(15,16)17/h2-6H,18H2,1H3,(H,19,20). The quantitative estimate of drug-likeness (QED) is 0.823. The lowest BCUT2D eigenvalue weighted by Gasteiger charge is -2.13. The van der Waals surface area contributed by atoms with E-state index in [4.69, 9.17) is 5.73 Å². The Balaban J connectivity index is 2.38. The molecule has 1 heterocycles. The highest BCUT2D eigenvalue weighted by Crippen LogP contribution is 2.34. The Bertz CT molecular complexity index is 638. The first-order valence-corrected chi connectivity index (χ1v) is 5.64. The van der Waals surface area contributed by atoms with Gasteiger partial charge in [-0.05, 0) is 36.8 Å². The average molecular weight is 285 g/mol. The van der Waals surface area contributed by atoms with E-state index in [0.717, 1.165) is 11.6 Å². The second-order valence-corrected chi connectivity index (χ2v) is 4.21. The maximum atomic E-state index is 13.2. The summed E-state index contributed by atoms with van der Waals surface area (Å²) in [4.78, 5) is 3.94. The van der Waals surface area contributed by atoms with Crippen molar-refractivity contribution in [3.05, 3.63) is 47.4 Å². The van der Waals surface area contributed by atoms with Crippen LogP contribution in [0.3, 0.4) is 0 Å². The number of benzene rings is 1. The van der Waals surface area contributed by atoms with E-state index in [-0.39, 0.29) is 11.5 Å². The van der Waals surface area contributed by atoms with Crippen molar-refractivity contribution in [2.45, 2.75) is 13.1 Å². The maximum absolute atomic E-state index is 13.2. The summed E-state index contributed by atoms with van der Waals surface area (Å²) in [5, 5.41) is 2.65. The van der Waals surface area contributed by atoms with Gasteiger partial charge in [-0.15, -0.1) is 0 Å². The predicted octanol–water partition coefficient (Wildman–Crippen LogP) is 3.87. The van der Waals surface area contributed by atoms with Gasteiger partial charge in [0.1, 0.15) is 5.82 Å². The molecule has 0 amide bonds. The zero-order chi connectivity index (χ0) is 14.9. The first-order chi connectivity index (χ1) is 9.29. The number of hydrogen-bond donors (Lipinski definition) is 2. The number of anilines is 3. The van der Waals surface area contributed by atoms with Gasteiger partial charge in [0.05, 0.1) is 11.3 Å². The fourth-order valence-corrected chi connectivity index (χ4v) is 1.63. The third kappa shape index (κ3) is 2.81. The largest absolute Gasteiger partial charge is 0.419 e. The number of alkyl halides is 3. The fraction of sp³-hybridized carbons (Fsp3) is 0.154. The predicted molar refractivity (Wildman–Crippen MR) is 68.1 cm³/mol. The smallest absolute Gasteiger partial charge is 0.396 e. The van der Waals surface area contributed by atoms with Gasteiger partial charge in [0.25, 0.3) is 0 Å². The highest BCUT2D eigenvalue weighted by atomic mass is 19.4. The van der Waals surface area contributed by atoms with Gasteiger partial charge in [-0.3, -0.25) is 0 Å². The van der Waals surface area contributed by atoms with Gasteiger partial charge in [0.15, 0.2) is 5.82 Å². The Kier molecular flexibility index (Phi) is 3.52. The van der Waals surface area contributed by atoms with Crippen molar-refractivity contribution in [1.82, 2.24) is 4.98 Å². The number of aromatic nitrogens is 1. The fourth-order valence-electron chi connectivity index (χ4n) is 1.63. The van der Waals surface area contributed by atoms with Crippen molar-refractivity contribution >= 4 is 17.2 Å². The van der Waals surface area contributed by atoms with E-state index >= 15 is 0 Å². The highest BCUT2D eigenvalue weighted by Gasteiger charge is 2.34. The summed E-state index contributed by atoms with van der Waals surface area (Å²) in [6.07, 6.45) is -3.28. The van der Waals surface area contributed by atoms with E-state index < -0.39 is 17.6 Å². The molecule has 1 aromatic carbocycles. The topological polar surface area (TPSA) is 50.9 Å². The van der Waals surface area contributed by atoms with Crippen LogP contribution in [0.15, 0.2) is 30.5 Å². The first-order valence-electron chi connectivity index (χ1n) is 5.64. The number of nitrogens with one attached hydrogen (secondary N) is 1. The molecule has 20 heavy (non-hydrogen) atoms. The molecule has 7 heteroatoms. The number of hydrogen-bond acceptors (Lipinski definition) is 3. The summed E-state index contributed by atoms with van der Waals surface area (Å²) in [6.45, 7) is 1.74. The zero-order valence-electron chi connectivity index (χ0n) is 10.4. The molecular formula is C13H11F4N3. The van der Waals surface area contributed by atoms with Crippen molar-refractivity contribution in [2.24, 2.45) is 0 Å². The molecule has 0 saturated heterocycles. The molecule has 0 aliphatic rings. The summed E-state index contributed by atoms with van der Waals surface area (Å²) in [5.74, 6) is -1.10. The lowest BCUT2D eigenvalue weighted by molar-refractivity contribution is -0.139. The minimum Gasteiger partial charge on any atom is -0.396 e. The van der Waals surface area contributed by atoms with Crippen LogP contribution in [0.25, 0.3) is 0 Å². The monoisotopic (exact) mass is 285 g/mol. The van der Waals surface area contributed by atoms with Crippen molar-refractivity contribution in [2.75, 3.05) is 11.1 Å². The molecule has 3 N–H and O–H groups in total. The number of halogens is 4. The van der Waals surface area contributed by atoms with Crippen LogP contribution in [0.5, 0.6) is 0 Å². The molecule has 0 spiro atoms. The van der Waals surface area contributed by atoms with Crippen LogP contribution in [0.4, 0.5) is 34.8 Å². The normalized spacial score (nSPS) is 11.4. The Morgan fingerprint density at radius 2 is 1.90 bits per heavy atom. The van der Waals surface area contributed by atoms with E-state index in [2.05, 4.69) is 10.3 Å². The molecule has 0 aliphatic carbocycles. The average Bonchev–Trinajstić information content (AvgIpc) is 2.36. The molecule has 0 fully saturated rings. The number of rotatable bonds is 2. The van der Waals surface area contributed by atoms with Gasteiger partial charge in [0, 0.05) is 11.9 Å². The molecule has 0 radical (unpaired) electrons. The van der Waals surface area contributed by atoms with Gasteiger partial charge in [0.2, 0.25) is 0 Å². The molecule has 0 unspecified atom stereocenters. The molecular weight excluding hydrogens is 274 g/mol. The van der Waals surface area contributed by atoms with Crippen molar-refractivity contribution in [3.8, 4) is 0 Å². The Morgan fingerprint density at radius 3 is 2.55 bits per heavy atom. The van der Waals surface area contributed by atoms with Crippen LogP contribution in [0.1, 0.15) is 11.1 Å². The van der Waals surface area contributed by atoms with Crippen LogP contribution >= 0.6 is 0 Å². The van der Waals surface area contributed by atoms with E-state index in [1.54, 1.807) is 13.0 Å². The second-order valence-electron chi connectivity index (χ2n) is 4.21. The van der Waals surface area contributed by atoms with Gasteiger partial charge in [-0.25, -0.2) is 9.37 Å². The number of pyridine rings is 1. The van der Waals surface area contributed by atoms with Gasteiger partial charge >= 0.3 is 6.18 Å². The van der Waals surface area contributed by atoms with Crippen molar-refractivity contribution in [3.63, 3.8) is 0 Å². The van der Waals surface area contributed by atoms with Gasteiger partial charge in [-0.1, -0.05) is 0 Å². The Morgan fingerprint density at radius 1 is 1.20 bits per heavy atom. The first kappa shape index (κ1) is 14.1. The molecule has 0 saturated carbocycles. The summed E-state index contributed by atoms with van der Waals surface area (Å²) < 4.78 is 51.0. The lowest BCUT2D eigenvalue weighted by atomic mass is 10.1. The van der Waals surface area contributed by atoms with Crippen molar-refractivity contribution in [1.29, 1.82) is 0 Å². The number of aryl methyl sites for hydroxylation is 1. The SMILES string of the molecule is Cc1ccnc(Nc2ccc(F)c(C(F)(F)F)c2)c1N. The minimum absolute atomic E-state index is 0.0588. The third-order valence-corrected chi connectivity index (χ3v) is 2.74. The second kappa shape index (κ2) is 4.99. The van der Waals surface area contributed by atoms with Crippen LogP contribution in [-0.2, 0) is 6.18 Å². The Hall–Kier alpha value is -2.31. The summed E-state index contributed by atoms with van der Waals surface area (Å²) in [7, 11) is 0. The van der Waals surface area contributed by atoms with Gasteiger partial charge < -0.3 is 11.1 Å². The van der Waals surface area contributed by atoms with Gasteiger partial charge in [-0.2, -0.15) is 13.2 Å². The highest BCUT2D eigenvalue weighted by molar-refractivity contribution is 5.71. The molecule has 0 aliphatic heterocycles. The molecule has 0 atom stereocenters. The van der Waals surface area contributed by atoms with Crippen LogP contribution in [0.2, 0.25) is 0 Å². The Labute approximate surface area is 112 Å². The molecule has 106 valence electrons. The van der Waals surface area contributed by atoms with E-state index in [9.17, 15) is 17.6 Å². The molecule has 2 rings (SSSR count).